The van der Waals surface area contributed by atoms with Crippen LogP contribution in [0.2, 0.25) is 0 Å². The van der Waals surface area contributed by atoms with E-state index in [2.05, 4.69) is 5.16 Å². The summed E-state index contributed by atoms with van der Waals surface area (Å²) in [5.41, 5.74) is 0.642. The average Bonchev–Trinajstić information content (AvgIpc) is 3.23. The standard InChI is InChI=1S/C19H21N3O3S/c1-19(2,3)22(12-14-8-5-4-6-9-14)16(23)13-21-17(20-25-18(21)24)15-10-7-11-26-15/h4-11H,12-13H2,1-3H3. The summed E-state index contributed by atoms with van der Waals surface area (Å²) >= 11 is 1.44. The van der Waals surface area contributed by atoms with Crippen LogP contribution in [0.5, 0.6) is 0 Å². The van der Waals surface area contributed by atoms with Crippen molar-refractivity contribution in [2.75, 3.05) is 0 Å². The number of nitrogens with zero attached hydrogens (tertiary/aromatic N) is 3. The van der Waals surface area contributed by atoms with Gasteiger partial charge in [0.05, 0.1) is 4.88 Å². The van der Waals surface area contributed by atoms with Crippen LogP contribution in [0.25, 0.3) is 10.7 Å². The highest BCUT2D eigenvalue weighted by molar-refractivity contribution is 7.13. The van der Waals surface area contributed by atoms with E-state index in [-0.39, 0.29) is 12.5 Å². The van der Waals surface area contributed by atoms with Crippen molar-refractivity contribution in [2.24, 2.45) is 0 Å². The molecule has 0 fully saturated rings. The van der Waals surface area contributed by atoms with Crippen LogP contribution in [-0.2, 0) is 17.9 Å². The van der Waals surface area contributed by atoms with Crippen LogP contribution in [0.3, 0.4) is 0 Å². The van der Waals surface area contributed by atoms with Gasteiger partial charge in [-0.05, 0) is 37.8 Å². The first-order valence-electron chi connectivity index (χ1n) is 8.31. The molecule has 0 aliphatic rings. The Kier molecular flexibility index (Phi) is 5.08. The van der Waals surface area contributed by atoms with E-state index in [9.17, 15) is 9.59 Å². The fraction of sp³-hybridized carbons (Fsp3) is 0.316. The molecule has 2 heterocycles. The summed E-state index contributed by atoms with van der Waals surface area (Å²) in [5.74, 6) is -0.410. The monoisotopic (exact) mass is 371 g/mol. The van der Waals surface area contributed by atoms with Crippen LogP contribution in [-0.4, -0.2) is 26.1 Å². The normalized spacial score (nSPS) is 11.5. The van der Waals surface area contributed by atoms with Crippen molar-refractivity contribution >= 4 is 17.2 Å². The van der Waals surface area contributed by atoms with Gasteiger partial charge in [0, 0.05) is 12.1 Å². The molecule has 0 saturated heterocycles. The van der Waals surface area contributed by atoms with Crippen LogP contribution in [0.4, 0.5) is 0 Å². The number of carbonyl (C=O) groups excluding carboxylic acids is 1. The molecule has 0 N–H and O–H groups in total. The van der Waals surface area contributed by atoms with Crippen molar-refractivity contribution in [3.8, 4) is 10.7 Å². The first kappa shape index (κ1) is 18.1. The number of rotatable bonds is 5. The van der Waals surface area contributed by atoms with E-state index >= 15 is 0 Å². The van der Waals surface area contributed by atoms with Crippen LogP contribution in [0.1, 0.15) is 26.3 Å². The Morgan fingerprint density at radius 2 is 1.92 bits per heavy atom. The van der Waals surface area contributed by atoms with Crippen molar-refractivity contribution in [1.29, 1.82) is 0 Å². The zero-order valence-electron chi connectivity index (χ0n) is 15.0. The lowest BCUT2D eigenvalue weighted by Gasteiger charge is -2.36. The Hall–Kier alpha value is -2.67. The fourth-order valence-corrected chi connectivity index (χ4v) is 3.39. The lowest BCUT2D eigenvalue weighted by Crippen LogP contribution is -2.47. The second-order valence-corrected chi connectivity index (χ2v) is 7.92. The maximum atomic E-state index is 13.0. The Bertz CT molecular complexity index is 921. The molecule has 3 rings (SSSR count). The molecule has 136 valence electrons. The Morgan fingerprint density at radius 3 is 2.54 bits per heavy atom. The second kappa shape index (κ2) is 7.29. The summed E-state index contributed by atoms with van der Waals surface area (Å²) in [6.45, 7) is 6.29. The van der Waals surface area contributed by atoms with E-state index in [0.717, 1.165) is 10.4 Å². The third-order valence-electron chi connectivity index (χ3n) is 4.02. The molecule has 0 saturated carbocycles. The summed E-state index contributed by atoms with van der Waals surface area (Å²) in [4.78, 5) is 27.7. The first-order chi connectivity index (χ1) is 12.4. The van der Waals surface area contributed by atoms with Gasteiger partial charge in [-0.3, -0.25) is 9.32 Å². The van der Waals surface area contributed by atoms with Crippen LogP contribution in [0, 0.1) is 0 Å². The molecule has 2 aromatic heterocycles. The zero-order valence-corrected chi connectivity index (χ0v) is 15.8. The molecule has 1 amide bonds. The molecular formula is C19H21N3O3S. The Labute approximate surface area is 155 Å². The average molecular weight is 371 g/mol. The van der Waals surface area contributed by atoms with E-state index in [1.807, 2.05) is 68.6 Å². The predicted octanol–water partition coefficient (Wildman–Crippen LogP) is 3.39. The third-order valence-corrected chi connectivity index (χ3v) is 4.88. The molecule has 1 aromatic carbocycles. The van der Waals surface area contributed by atoms with Gasteiger partial charge in [0.25, 0.3) is 0 Å². The minimum absolute atomic E-state index is 0.111. The van der Waals surface area contributed by atoms with Crippen LogP contribution >= 0.6 is 11.3 Å². The van der Waals surface area contributed by atoms with E-state index < -0.39 is 11.3 Å². The lowest BCUT2D eigenvalue weighted by molar-refractivity contribution is -0.137. The van der Waals surface area contributed by atoms with E-state index in [1.165, 1.54) is 15.9 Å². The fourth-order valence-electron chi connectivity index (χ4n) is 2.68. The summed E-state index contributed by atoms with van der Waals surface area (Å²) < 4.78 is 6.09. The number of amides is 1. The molecule has 26 heavy (non-hydrogen) atoms. The highest BCUT2D eigenvalue weighted by atomic mass is 32.1. The molecule has 3 aromatic rings. The van der Waals surface area contributed by atoms with E-state index in [1.54, 1.807) is 4.90 Å². The summed E-state index contributed by atoms with van der Waals surface area (Å²) in [5, 5.41) is 5.72. The van der Waals surface area contributed by atoms with Gasteiger partial charge in [0.15, 0.2) is 5.82 Å². The molecule has 0 spiro atoms. The van der Waals surface area contributed by atoms with Crippen molar-refractivity contribution in [3.63, 3.8) is 0 Å². The van der Waals surface area contributed by atoms with Gasteiger partial charge in [-0.1, -0.05) is 41.6 Å². The molecule has 6 nitrogen and oxygen atoms in total. The predicted molar refractivity (Wildman–Crippen MR) is 101 cm³/mol. The van der Waals surface area contributed by atoms with Crippen LogP contribution in [0.15, 0.2) is 57.2 Å². The minimum atomic E-state index is -0.629. The van der Waals surface area contributed by atoms with Gasteiger partial charge < -0.3 is 4.90 Å². The summed E-state index contributed by atoms with van der Waals surface area (Å²) in [6.07, 6.45) is 0. The molecule has 0 atom stereocenters. The Morgan fingerprint density at radius 1 is 1.19 bits per heavy atom. The van der Waals surface area contributed by atoms with E-state index in [0.29, 0.717) is 12.4 Å². The molecule has 0 bridgehead atoms. The first-order valence-corrected chi connectivity index (χ1v) is 9.19. The number of carbonyl (C=O) groups is 1. The Balaban J connectivity index is 1.87. The molecule has 7 heteroatoms. The zero-order chi connectivity index (χ0) is 18.7. The van der Waals surface area contributed by atoms with Gasteiger partial charge in [0.2, 0.25) is 5.91 Å². The molecular weight excluding hydrogens is 350 g/mol. The third kappa shape index (κ3) is 3.94. The lowest BCUT2D eigenvalue weighted by atomic mass is 10.0. The van der Waals surface area contributed by atoms with Crippen LogP contribution < -0.4 is 5.76 Å². The number of thiophene rings is 1. The van der Waals surface area contributed by atoms with Crippen molar-refractivity contribution in [3.05, 3.63) is 64.0 Å². The van der Waals surface area contributed by atoms with Gasteiger partial charge in [-0.15, -0.1) is 11.3 Å². The molecule has 0 aliphatic carbocycles. The number of hydrogen-bond donors (Lipinski definition) is 0. The molecule has 0 radical (unpaired) electrons. The quantitative estimate of drug-likeness (QED) is 0.689. The largest absolute Gasteiger partial charge is 0.442 e. The highest BCUT2D eigenvalue weighted by Gasteiger charge is 2.28. The highest BCUT2D eigenvalue weighted by Crippen LogP contribution is 2.23. The SMILES string of the molecule is CC(C)(C)N(Cc1ccccc1)C(=O)Cn1c(-c2cccs2)noc1=O. The van der Waals surface area contributed by atoms with Gasteiger partial charge in [-0.25, -0.2) is 9.36 Å². The number of aromatic nitrogens is 2. The summed E-state index contributed by atoms with van der Waals surface area (Å²) in [6, 6.07) is 13.5. The van der Waals surface area contributed by atoms with Gasteiger partial charge in [0.1, 0.15) is 6.54 Å². The van der Waals surface area contributed by atoms with Gasteiger partial charge >= 0.3 is 5.76 Å². The second-order valence-electron chi connectivity index (χ2n) is 6.97. The topological polar surface area (TPSA) is 68.3 Å². The molecule has 0 aliphatic heterocycles. The minimum Gasteiger partial charge on any atom is -0.332 e. The maximum absolute atomic E-state index is 13.0. The number of benzene rings is 1. The number of hydrogen-bond acceptors (Lipinski definition) is 5. The van der Waals surface area contributed by atoms with Gasteiger partial charge in [-0.2, -0.15) is 0 Å². The van der Waals surface area contributed by atoms with Crippen molar-refractivity contribution < 1.29 is 9.32 Å². The maximum Gasteiger partial charge on any atom is 0.442 e. The smallest absolute Gasteiger partial charge is 0.332 e. The van der Waals surface area contributed by atoms with Crippen molar-refractivity contribution in [2.45, 2.75) is 39.4 Å². The van der Waals surface area contributed by atoms with E-state index in [4.69, 9.17) is 4.52 Å². The summed E-state index contributed by atoms with van der Waals surface area (Å²) in [7, 11) is 0. The van der Waals surface area contributed by atoms with Crippen molar-refractivity contribution in [1.82, 2.24) is 14.6 Å². The molecule has 0 unspecified atom stereocenters.